The molecule has 3 atom stereocenters. The molecular formula is C19H27KO5. The van der Waals surface area contributed by atoms with E-state index in [1.54, 1.807) is 6.92 Å². The molecule has 0 aliphatic heterocycles. The SMILES string of the molecule is CCC(CC(CC(C)c1ccccc1)C(=O)OCCOC)C(=O)[O-].[K+]. The molecule has 6 heteroatoms. The molecule has 0 heterocycles. The third-order valence-electron chi connectivity index (χ3n) is 4.27. The second kappa shape index (κ2) is 13.9. The average Bonchev–Trinajstić information content (AvgIpc) is 2.58. The molecule has 0 aliphatic carbocycles. The van der Waals surface area contributed by atoms with Crippen molar-refractivity contribution in [1.29, 1.82) is 0 Å². The van der Waals surface area contributed by atoms with Crippen LogP contribution in [-0.4, -0.2) is 32.3 Å². The van der Waals surface area contributed by atoms with Crippen LogP contribution >= 0.6 is 0 Å². The van der Waals surface area contributed by atoms with Crippen molar-refractivity contribution in [2.75, 3.05) is 20.3 Å². The molecule has 1 aromatic rings. The zero-order chi connectivity index (χ0) is 17.9. The Morgan fingerprint density at radius 1 is 1.08 bits per heavy atom. The second-order valence-electron chi connectivity index (χ2n) is 6.06. The van der Waals surface area contributed by atoms with Gasteiger partial charge in [0.1, 0.15) is 6.61 Å². The number of hydrogen-bond acceptors (Lipinski definition) is 5. The van der Waals surface area contributed by atoms with Gasteiger partial charge in [0.15, 0.2) is 0 Å². The number of benzene rings is 1. The maximum absolute atomic E-state index is 12.4. The molecule has 25 heavy (non-hydrogen) atoms. The van der Waals surface area contributed by atoms with Gasteiger partial charge in [-0.25, -0.2) is 0 Å². The van der Waals surface area contributed by atoms with Crippen molar-refractivity contribution in [3.63, 3.8) is 0 Å². The van der Waals surface area contributed by atoms with Gasteiger partial charge in [-0.15, -0.1) is 0 Å². The molecule has 134 valence electrons. The summed E-state index contributed by atoms with van der Waals surface area (Å²) in [6, 6.07) is 9.86. The van der Waals surface area contributed by atoms with Crippen molar-refractivity contribution in [1.82, 2.24) is 0 Å². The van der Waals surface area contributed by atoms with Gasteiger partial charge < -0.3 is 19.4 Å². The predicted octanol–water partition coefficient (Wildman–Crippen LogP) is -0.844. The van der Waals surface area contributed by atoms with Crippen LogP contribution in [0.2, 0.25) is 0 Å². The van der Waals surface area contributed by atoms with E-state index in [9.17, 15) is 14.7 Å². The molecule has 0 N–H and O–H groups in total. The van der Waals surface area contributed by atoms with E-state index in [0.29, 0.717) is 19.4 Å². The number of hydrogen-bond donors (Lipinski definition) is 0. The molecule has 1 aromatic carbocycles. The Labute approximate surface area is 192 Å². The number of rotatable bonds is 11. The molecular weight excluding hydrogens is 347 g/mol. The molecule has 0 saturated carbocycles. The number of carbonyl (C=O) groups is 2. The number of ether oxygens (including phenoxy) is 2. The largest absolute Gasteiger partial charge is 1.00 e. The van der Waals surface area contributed by atoms with E-state index >= 15 is 0 Å². The zero-order valence-corrected chi connectivity index (χ0v) is 18.8. The Kier molecular flexibility index (Phi) is 13.8. The van der Waals surface area contributed by atoms with Gasteiger partial charge >= 0.3 is 57.4 Å². The van der Waals surface area contributed by atoms with Crippen LogP contribution in [0.25, 0.3) is 0 Å². The van der Waals surface area contributed by atoms with Crippen LogP contribution in [0.3, 0.4) is 0 Å². The van der Waals surface area contributed by atoms with Crippen LogP contribution in [0, 0.1) is 11.8 Å². The number of aliphatic carboxylic acids is 1. The van der Waals surface area contributed by atoms with E-state index < -0.39 is 17.8 Å². The smallest absolute Gasteiger partial charge is 0.550 e. The summed E-state index contributed by atoms with van der Waals surface area (Å²) in [6.45, 7) is 4.32. The van der Waals surface area contributed by atoms with Crippen LogP contribution in [0.4, 0.5) is 0 Å². The molecule has 0 radical (unpaired) electrons. The van der Waals surface area contributed by atoms with E-state index in [4.69, 9.17) is 9.47 Å². The van der Waals surface area contributed by atoms with Gasteiger partial charge in [0.05, 0.1) is 12.5 Å². The first kappa shape index (κ1) is 24.8. The summed E-state index contributed by atoms with van der Waals surface area (Å²) in [6.07, 6.45) is 1.21. The normalized spacial score (nSPS) is 14.0. The van der Waals surface area contributed by atoms with E-state index in [-0.39, 0.29) is 76.3 Å². The monoisotopic (exact) mass is 374 g/mol. The first-order valence-corrected chi connectivity index (χ1v) is 8.40. The fourth-order valence-corrected chi connectivity index (χ4v) is 2.75. The second-order valence-corrected chi connectivity index (χ2v) is 6.06. The molecule has 1 rings (SSSR count). The number of carboxylic acid groups (broad SMARTS) is 1. The first-order valence-electron chi connectivity index (χ1n) is 8.40. The van der Waals surface area contributed by atoms with Crippen LogP contribution < -0.4 is 56.5 Å². The summed E-state index contributed by atoms with van der Waals surface area (Å²) < 4.78 is 10.1. The minimum atomic E-state index is -1.11. The molecule has 0 aromatic heterocycles. The van der Waals surface area contributed by atoms with Crippen LogP contribution in [0.1, 0.15) is 44.6 Å². The minimum Gasteiger partial charge on any atom is -0.550 e. The van der Waals surface area contributed by atoms with Gasteiger partial charge in [0.2, 0.25) is 0 Å². The van der Waals surface area contributed by atoms with Gasteiger partial charge in [-0.2, -0.15) is 0 Å². The Balaban J connectivity index is 0.00000576. The van der Waals surface area contributed by atoms with Crippen LogP contribution in [0.5, 0.6) is 0 Å². The molecule has 0 aliphatic rings. The molecule has 5 nitrogen and oxygen atoms in total. The molecule has 0 fully saturated rings. The molecule has 0 saturated heterocycles. The third kappa shape index (κ3) is 9.31. The maximum atomic E-state index is 12.4. The van der Waals surface area contributed by atoms with E-state index in [0.717, 1.165) is 5.56 Å². The summed E-state index contributed by atoms with van der Waals surface area (Å²) in [5.74, 6) is -2.47. The number of esters is 1. The first-order chi connectivity index (χ1) is 11.5. The number of methoxy groups -OCH3 is 1. The Morgan fingerprint density at radius 3 is 2.24 bits per heavy atom. The van der Waals surface area contributed by atoms with Crippen LogP contribution in [-0.2, 0) is 19.1 Å². The summed E-state index contributed by atoms with van der Waals surface area (Å²) in [5.41, 5.74) is 1.12. The number of carboxylic acids is 1. The summed E-state index contributed by atoms with van der Waals surface area (Å²) in [7, 11) is 1.53. The average molecular weight is 375 g/mol. The summed E-state index contributed by atoms with van der Waals surface area (Å²) in [5, 5.41) is 11.2. The summed E-state index contributed by atoms with van der Waals surface area (Å²) >= 11 is 0. The van der Waals surface area contributed by atoms with Crippen molar-refractivity contribution in [2.45, 2.75) is 39.0 Å². The minimum absolute atomic E-state index is 0. The molecule has 3 unspecified atom stereocenters. The third-order valence-corrected chi connectivity index (χ3v) is 4.27. The summed E-state index contributed by atoms with van der Waals surface area (Å²) in [4.78, 5) is 23.6. The van der Waals surface area contributed by atoms with Gasteiger partial charge in [0.25, 0.3) is 0 Å². The fraction of sp³-hybridized carbons (Fsp3) is 0.579. The molecule has 0 bridgehead atoms. The van der Waals surface area contributed by atoms with Gasteiger partial charge in [-0.05, 0) is 36.7 Å². The predicted molar refractivity (Wildman–Crippen MR) is 89.2 cm³/mol. The van der Waals surface area contributed by atoms with E-state index in [1.807, 2.05) is 37.3 Å². The Bertz CT molecular complexity index is 506. The fourth-order valence-electron chi connectivity index (χ4n) is 2.75. The number of carbonyl (C=O) groups excluding carboxylic acids is 2. The van der Waals surface area contributed by atoms with Crippen LogP contribution in [0.15, 0.2) is 30.3 Å². The Morgan fingerprint density at radius 2 is 1.72 bits per heavy atom. The standard InChI is InChI=1S/C19H28O5.K/c1-4-15(18(20)21)13-17(19(22)24-11-10-23-3)12-14(2)16-8-6-5-7-9-16;/h5-9,14-15,17H,4,10-13H2,1-3H3,(H,20,21);/q;+1/p-1. The topological polar surface area (TPSA) is 75.7 Å². The van der Waals surface area contributed by atoms with Crippen molar-refractivity contribution in [2.24, 2.45) is 11.8 Å². The Hall–Kier alpha value is -0.244. The van der Waals surface area contributed by atoms with Gasteiger partial charge in [-0.3, -0.25) is 4.79 Å². The van der Waals surface area contributed by atoms with Crippen molar-refractivity contribution >= 4 is 11.9 Å². The van der Waals surface area contributed by atoms with Crippen molar-refractivity contribution in [3.8, 4) is 0 Å². The van der Waals surface area contributed by atoms with Gasteiger partial charge in [0, 0.05) is 13.1 Å². The molecule has 0 spiro atoms. The quantitative estimate of drug-likeness (QED) is 0.287. The van der Waals surface area contributed by atoms with Crippen molar-refractivity contribution < 1.29 is 75.6 Å². The van der Waals surface area contributed by atoms with E-state index in [2.05, 4.69) is 0 Å². The zero-order valence-electron chi connectivity index (χ0n) is 15.7. The van der Waals surface area contributed by atoms with E-state index in [1.165, 1.54) is 7.11 Å². The van der Waals surface area contributed by atoms with Gasteiger partial charge in [-0.1, -0.05) is 44.2 Å². The maximum Gasteiger partial charge on any atom is 1.00 e. The van der Waals surface area contributed by atoms with Crippen molar-refractivity contribution in [3.05, 3.63) is 35.9 Å². The molecule has 0 amide bonds.